The Bertz CT molecular complexity index is 1720. The van der Waals surface area contributed by atoms with Crippen LogP contribution >= 0.6 is 11.3 Å². The minimum atomic E-state index is -0.488. The minimum Gasteiger partial charge on any atom is -0.338 e. The number of aromatic amines is 2. The summed E-state index contributed by atoms with van der Waals surface area (Å²) in [6.45, 7) is 5.66. The lowest BCUT2D eigenvalue weighted by atomic mass is 9.95. The zero-order valence-electron chi connectivity index (χ0n) is 20.1. The van der Waals surface area contributed by atoms with Gasteiger partial charge in [-0.2, -0.15) is 5.10 Å². The quantitative estimate of drug-likeness (QED) is 0.250. The second-order valence-electron chi connectivity index (χ2n) is 9.78. The number of hydrogen-bond acceptors (Lipinski definition) is 5. The van der Waals surface area contributed by atoms with Crippen molar-refractivity contribution in [3.8, 4) is 33.0 Å². The number of amides is 1. The topological polar surface area (TPSA) is 99.3 Å². The molecule has 7 nitrogen and oxygen atoms in total. The third-order valence-electron chi connectivity index (χ3n) is 6.15. The van der Waals surface area contributed by atoms with Gasteiger partial charge in [-0.05, 0) is 47.3 Å². The average Bonchev–Trinajstić information content (AvgIpc) is 3.62. The first-order chi connectivity index (χ1) is 17.4. The van der Waals surface area contributed by atoms with Crippen LogP contribution in [0.4, 0.5) is 5.69 Å². The van der Waals surface area contributed by atoms with Gasteiger partial charge in [0.25, 0.3) is 0 Å². The summed E-state index contributed by atoms with van der Waals surface area (Å²) in [6, 6.07) is 16.4. The second-order valence-corrected chi connectivity index (χ2v) is 10.7. The number of nitrogens with zero attached hydrogens (tertiary/aromatic N) is 3. The van der Waals surface area contributed by atoms with Crippen molar-refractivity contribution in [2.45, 2.75) is 20.8 Å². The predicted molar refractivity (Wildman–Crippen MR) is 146 cm³/mol. The number of thiophene rings is 1. The van der Waals surface area contributed by atoms with Crippen LogP contribution in [0.15, 0.2) is 72.5 Å². The first-order valence-corrected chi connectivity index (χ1v) is 12.5. The van der Waals surface area contributed by atoms with E-state index in [-0.39, 0.29) is 5.91 Å². The summed E-state index contributed by atoms with van der Waals surface area (Å²) < 4.78 is 0. The Kier molecular flexibility index (Phi) is 5.19. The van der Waals surface area contributed by atoms with Crippen LogP contribution in [-0.4, -0.2) is 31.1 Å². The van der Waals surface area contributed by atoms with Gasteiger partial charge in [0, 0.05) is 44.6 Å². The van der Waals surface area contributed by atoms with Crippen molar-refractivity contribution in [2.24, 2.45) is 5.41 Å². The van der Waals surface area contributed by atoms with E-state index in [1.54, 1.807) is 23.7 Å². The Balaban J connectivity index is 1.40. The number of aromatic nitrogens is 5. The highest BCUT2D eigenvalue weighted by atomic mass is 32.1. The molecule has 6 rings (SSSR count). The number of carbonyl (C=O) groups excluding carboxylic acids is 1. The fourth-order valence-corrected chi connectivity index (χ4v) is 4.95. The number of fused-ring (bicyclic) bond motifs is 2. The van der Waals surface area contributed by atoms with E-state index >= 15 is 0 Å². The van der Waals surface area contributed by atoms with Crippen molar-refractivity contribution >= 4 is 44.9 Å². The van der Waals surface area contributed by atoms with Gasteiger partial charge in [0.05, 0.1) is 23.1 Å². The van der Waals surface area contributed by atoms with E-state index in [4.69, 9.17) is 0 Å². The van der Waals surface area contributed by atoms with E-state index in [1.165, 1.54) is 4.88 Å². The number of H-pyrrole nitrogens is 2. The first-order valence-electron chi connectivity index (χ1n) is 11.6. The van der Waals surface area contributed by atoms with Crippen molar-refractivity contribution < 1.29 is 4.79 Å². The van der Waals surface area contributed by atoms with Crippen molar-refractivity contribution in [3.05, 3.63) is 72.5 Å². The number of hydrogen-bond donors (Lipinski definition) is 3. The van der Waals surface area contributed by atoms with Crippen LogP contribution in [0.25, 0.3) is 54.9 Å². The number of pyridine rings is 2. The Morgan fingerprint density at radius 1 is 1.00 bits per heavy atom. The summed E-state index contributed by atoms with van der Waals surface area (Å²) in [6.07, 6.45) is 5.29. The van der Waals surface area contributed by atoms with Gasteiger partial charge in [-0.25, -0.2) is 4.98 Å². The molecule has 5 heterocycles. The Hall–Kier alpha value is -4.30. The molecular weight excluding hydrogens is 468 g/mol. The molecule has 0 saturated heterocycles. The van der Waals surface area contributed by atoms with Gasteiger partial charge >= 0.3 is 0 Å². The molecule has 3 N–H and O–H groups in total. The summed E-state index contributed by atoms with van der Waals surface area (Å²) in [5.41, 5.74) is 6.71. The van der Waals surface area contributed by atoms with Gasteiger partial charge in [-0.15, -0.1) is 11.3 Å². The van der Waals surface area contributed by atoms with Gasteiger partial charge in [0.1, 0.15) is 11.3 Å². The van der Waals surface area contributed by atoms with Crippen molar-refractivity contribution in [3.63, 3.8) is 0 Å². The van der Waals surface area contributed by atoms with E-state index < -0.39 is 5.41 Å². The Morgan fingerprint density at radius 2 is 1.89 bits per heavy atom. The second kappa shape index (κ2) is 8.42. The molecule has 5 aromatic heterocycles. The number of carbonyl (C=O) groups is 1. The fourth-order valence-electron chi connectivity index (χ4n) is 4.18. The lowest BCUT2D eigenvalue weighted by Crippen LogP contribution is -2.27. The van der Waals surface area contributed by atoms with Gasteiger partial charge in [0.15, 0.2) is 0 Å². The minimum absolute atomic E-state index is 0.0524. The largest absolute Gasteiger partial charge is 0.338 e. The van der Waals surface area contributed by atoms with E-state index in [0.717, 1.165) is 50.0 Å². The summed E-state index contributed by atoms with van der Waals surface area (Å²) in [5, 5.41) is 14.9. The van der Waals surface area contributed by atoms with E-state index in [1.807, 2.05) is 51.2 Å². The molecule has 6 aromatic rings. The Labute approximate surface area is 211 Å². The number of nitrogens with one attached hydrogen (secondary N) is 3. The number of anilines is 1. The van der Waals surface area contributed by atoms with Crippen molar-refractivity contribution in [1.82, 2.24) is 25.1 Å². The lowest BCUT2D eigenvalue weighted by molar-refractivity contribution is -0.123. The van der Waals surface area contributed by atoms with Crippen molar-refractivity contribution in [1.29, 1.82) is 0 Å². The highest BCUT2D eigenvalue weighted by molar-refractivity contribution is 7.13. The number of rotatable bonds is 4. The molecule has 0 bridgehead atoms. The zero-order chi connectivity index (χ0) is 24.9. The van der Waals surface area contributed by atoms with Gasteiger partial charge in [-0.1, -0.05) is 32.9 Å². The van der Waals surface area contributed by atoms with Crippen LogP contribution in [0.5, 0.6) is 0 Å². The molecule has 0 radical (unpaired) electrons. The highest BCUT2D eigenvalue weighted by Crippen LogP contribution is 2.36. The molecular formula is C28H24N6OS. The maximum absolute atomic E-state index is 12.4. The fraction of sp³-hybridized carbons (Fsp3) is 0.143. The molecule has 0 atom stereocenters. The molecule has 8 heteroatoms. The third-order valence-corrected chi connectivity index (χ3v) is 7.05. The summed E-state index contributed by atoms with van der Waals surface area (Å²) >= 11 is 1.71. The van der Waals surface area contributed by atoms with E-state index in [0.29, 0.717) is 5.69 Å². The average molecular weight is 493 g/mol. The highest BCUT2D eigenvalue weighted by Gasteiger charge is 2.21. The van der Waals surface area contributed by atoms with Crippen LogP contribution in [-0.2, 0) is 4.79 Å². The van der Waals surface area contributed by atoms with Gasteiger partial charge in [-0.3, -0.25) is 14.9 Å². The molecule has 0 aliphatic carbocycles. The SMILES string of the molecule is CC(C)(C)C(=O)Nc1cncc(-c2ccc3[nH]nc(-c4cc5c(-c6cccs6)ccnc5[nH]4)c3c2)c1. The smallest absolute Gasteiger partial charge is 0.229 e. The summed E-state index contributed by atoms with van der Waals surface area (Å²) in [5.74, 6) is -0.0524. The van der Waals surface area contributed by atoms with Crippen LogP contribution in [0.2, 0.25) is 0 Å². The molecule has 0 aliphatic heterocycles. The summed E-state index contributed by atoms with van der Waals surface area (Å²) in [7, 11) is 0. The van der Waals surface area contributed by atoms with E-state index in [9.17, 15) is 4.79 Å². The third kappa shape index (κ3) is 3.95. The monoisotopic (exact) mass is 492 g/mol. The molecule has 0 unspecified atom stereocenters. The zero-order valence-corrected chi connectivity index (χ0v) is 20.9. The number of benzene rings is 1. The molecule has 0 saturated carbocycles. The van der Waals surface area contributed by atoms with Crippen LogP contribution in [0.1, 0.15) is 20.8 Å². The lowest BCUT2D eigenvalue weighted by Gasteiger charge is -2.17. The summed E-state index contributed by atoms with van der Waals surface area (Å²) in [4.78, 5) is 26.0. The first kappa shape index (κ1) is 22.2. The molecule has 1 aromatic carbocycles. The van der Waals surface area contributed by atoms with Crippen LogP contribution < -0.4 is 5.32 Å². The van der Waals surface area contributed by atoms with Gasteiger partial charge < -0.3 is 10.3 Å². The predicted octanol–water partition coefficient (Wildman–Crippen LogP) is 6.88. The maximum atomic E-state index is 12.4. The maximum Gasteiger partial charge on any atom is 0.229 e. The normalized spacial score (nSPS) is 11.9. The van der Waals surface area contributed by atoms with Crippen molar-refractivity contribution in [2.75, 3.05) is 5.32 Å². The molecule has 0 aliphatic rings. The molecule has 178 valence electrons. The molecule has 0 fully saturated rings. The molecule has 36 heavy (non-hydrogen) atoms. The van der Waals surface area contributed by atoms with Crippen LogP contribution in [0, 0.1) is 5.41 Å². The van der Waals surface area contributed by atoms with Crippen LogP contribution in [0.3, 0.4) is 0 Å². The Morgan fingerprint density at radius 3 is 2.69 bits per heavy atom. The molecule has 1 amide bonds. The van der Waals surface area contributed by atoms with E-state index in [2.05, 4.69) is 60.1 Å². The standard InChI is InChI=1S/C28H24N6OS/c1-28(2,3)27(35)31-18-11-17(14-29-15-18)16-6-7-22-21(12-16)25(34-33-22)23-13-20-19(24-5-4-10-36-24)8-9-30-26(20)32-23/h4-15H,1-3H3,(H,30,32)(H,31,35)(H,33,34). The molecule has 0 spiro atoms. The van der Waals surface area contributed by atoms with Gasteiger partial charge in [0.2, 0.25) is 5.91 Å².